The number of hydrogen-bond acceptors (Lipinski definition) is 4. The van der Waals surface area contributed by atoms with Crippen molar-refractivity contribution in [1.29, 1.82) is 0 Å². The van der Waals surface area contributed by atoms with Crippen LogP contribution in [0.5, 0.6) is 0 Å². The van der Waals surface area contributed by atoms with E-state index in [-0.39, 0.29) is 4.90 Å². The van der Waals surface area contributed by atoms with Crippen molar-refractivity contribution in [3.05, 3.63) is 24.3 Å². The average Bonchev–Trinajstić information content (AvgIpc) is 2.38. The number of carboxylic acid groups (broad SMARTS) is 1. The minimum atomic E-state index is -3.96. The molecule has 8 heteroatoms. The van der Waals surface area contributed by atoms with Crippen molar-refractivity contribution in [2.45, 2.75) is 36.6 Å². The second-order valence-corrected chi connectivity index (χ2v) is 6.51. The fourth-order valence-electron chi connectivity index (χ4n) is 2.37. The van der Waals surface area contributed by atoms with Gasteiger partial charge in [-0.2, -0.15) is 0 Å². The summed E-state index contributed by atoms with van der Waals surface area (Å²) < 4.78 is 39.6. The van der Waals surface area contributed by atoms with E-state index in [0.29, 0.717) is 12.8 Å². The summed E-state index contributed by atoms with van der Waals surface area (Å²) in [6.45, 7) is 0. The van der Waals surface area contributed by atoms with Gasteiger partial charge in [-0.3, -0.25) is 9.78 Å². The van der Waals surface area contributed by atoms with Gasteiger partial charge in [-0.25, -0.2) is 17.5 Å². The maximum absolute atomic E-state index is 13.0. The van der Waals surface area contributed by atoms with Crippen molar-refractivity contribution >= 4 is 16.0 Å². The molecule has 0 bridgehead atoms. The third kappa shape index (κ3) is 3.31. The van der Waals surface area contributed by atoms with Crippen molar-refractivity contribution < 1.29 is 22.7 Å². The molecule has 1 fully saturated rings. The van der Waals surface area contributed by atoms with Crippen LogP contribution in [0.4, 0.5) is 4.39 Å². The Morgan fingerprint density at radius 3 is 2.70 bits per heavy atom. The van der Waals surface area contributed by atoms with Crippen LogP contribution in [-0.4, -0.2) is 30.5 Å². The smallest absolute Gasteiger partial charge is 0.308 e. The highest BCUT2D eigenvalue weighted by Crippen LogP contribution is 2.26. The zero-order valence-electron chi connectivity index (χ0n) is 10.6. The highest BCUT2D eigenvalue weighted by atomic mass is 32.2. The van der Waals surface area contributed by atoms with Crippen LogP contribution in [0.25, 0.3) is 0 Å². The normalized spacial score (nSPS) is 23.4. The van der Waals surface area contributed by atoms with E-state index in [1.807, 2.05) is 0 Å². The lowest BCUT2D eigenvalue weighted by Gasteiger charge is -2.28. The first kappa shape index (κ1) is 14.9. The van der Waals surface area contributed by atoms with Gasteiger partial charge in [0.2, 0.25) is 10.0 Å². The summed E-state index contributed by atoms with van der Waals surface area (Å²) in [6, 6.07) is 0.183. The summed E-state index contributed by atoms with van der Waals surface area (Å²) >= 11 is 0. The average molecular weight is 302 g/mol. The van der Waals surface area contributed by atoms with Crippen molar-refractivity contribution in [2.75, 3.05) is 0 Å². The summed E-state index contributed by atoms with van der Waals surface area (Å²) in [4.78, 5) is 14.3. The first-order valence-corrected chi connectivity index (χ1v) is 7.74. The van der Waals surface area contributed by atoms with E-state index >= 15 is 0 Å². The third-order valence-corrected chi connectivity index (χ3v) is 4.84. The van der Waals surface area contributed by atoms with E-state index in [1.54, 1.807) is 0 Å². The molecular formula is C12H15FN2O4S. The minimum Gasteiger partial charge on any atom is -0.481 e. The fourth-order valence-corrected chi connectivity index (χ4v) is 3.66. The molecule has 0 aromatic carbocycles. The zero-order valence-corrected chi connectivity index (χ0v) is 11.4. The van der Waals surface area contributed by atoms with Gasteiger partial charge >= 0.3 is 5.97 Å². The van der Waals surface area contributed by atoms with Gasteiger partial charge in [-0.15, -0.1) is 0 Å². The van der Waals surface area contributed by atoms with Gasteiger partial charge in [0.05, 0.1) is 12.1 Å². The quantitative estimate of drug-likeness (QED) is 0.869. The van der Waals surface area contributed by atoms with E-state index in [2.05, 4.69) is 9.71 Å². The third-order valence-electron chi connectivity index (χ3n) is 3.38. The molecule has 110 valence electrons. The molecule has 20 heavy (non-hydrogen) atoms. The number of aliphatic carboxylic acids is 1. The van der Waals surface area contributed by atoms with Gasteiger partial charge in [0.15, 0.2) is 0 Å². The van der Waals surface area contributed by atoms with Crippen LogP contribution in [0.2, 0.25) is 0 Å². The Kier molecular flexibility index (Phi) is 4.34. The molecular weight excluding hydrogens is 287 g/mol. The lowest BCUT2D eigenvalue weighted by Crippen LogP contribution is -2.45. The van der Waals surface area contributed by atoms with Crippen molar-refractivity contribution in [3.8, 4) is 0 Å². The highest BCUT2D eigenvalue weighted by molar-refractivity contribution is 7.89. The van der Waals surface area contributed by atoms with Crippen LogP contribution < -0.4 is 4.72 Å². The van der Waals surface area contributed by atoms with Gasteiger partial charge in [0, 0.05) is 12.2 Å². The Bertz CT molecular complexity index is 605. The molecule has 1 aliphatic rings. The molecule has 0 amide bonds. The van der Waals surface area contributed by atoms with E-state index in [4.69, 9.17) is 5.11 Å². The Morgan fingerprint density at radius 1 is 1.35 bits per heavy atom. The largest absolute Gasteiger partial charge is 0.481 e. The van der Waals surface area contributed by atoms with Gasteiger partial charge in [-0.1, -0.05) is 12.8 Å². The van der Waals surface area contributed by atoms with Crippen molar-refractivity contribution in [1.82, 2.24) is 9.71 Å². The maximum atomic E-state index is 13.0. The van der Waals surface area contributed by atoms with E-state index in [0.717, 1.165) is 31.3 Å². The van der Waals surface area contributed by atoms with Crippen LogP contribution in [0.1, 0.15) is 25.7 Å². The van der Waals surface area contributed by atoms with Gasteiger partial charge in [0.25, 0.3) is 0 Å². The van der Waals surface area contributed by atoms with Gasteiger partial charge < -0.3 is 5.11 Å². The molecule has 2 unspecified atom stereocenters. The second kappa shape index (κ2) is 5.84. The van der Waals surface area contributed by atoms with E-state index in [1.165, 1.54) is 0 Å². The number of pyridine rings is 1. The summed E-state index contributed by atoms with van der Waals surface area (Å²) in [7, 11) is -3.96. The number of carboxylic acids is 1. The molecule has 0 aliphatic heterocycles. The predicted octanol–water partition coefficient (Wildman–Crippen LogP) is 1.14. The molecule has 2 rings (SSSR count). The molecule has 1 aromatic heterocycles. The molecule has 1 aromatic rings. The van der Waals surface area contributed by atoms with E-state index < -0.39 is 33.8 Å². The van der Waals surface area contributed by atoms with Crippen LogP contribution >= 0.6 is 0 Å². The van der Waals surface area contributed by atoms with Crippen LogP contribution in [-0.2, 0) is 14.8 Å². The molecule has 0 saturated heterocycles. The first-order valence-electron chi connectivity index (χ1n) is 6.26. The molecule has 0 spiro atoms. The maximum Gasteiger partial charge on any atom is 0.308 e. The molecule has 2 N–H and O–H groups in total. The molecule has 1 aliphatic carbocycles. The minimum absolute atomic E-state index is 0.299. The lowest BCUT2D eigenvalue weighted by molar-refractivity contribution is -0.143. The number of nitrogens with one attached hydrogen (secondary N) is 1. The van der Waals surface area contributed by atoms with Crippen LogP contribution in [0, 0.1) is 11.7 Å². The van der Waals surface area contributed by atoms with Gasteiger partial charge in [-0.05, 0) is 18.9 Å². The molecule has 1 saturated carbocycles. The SMILES string of the molecule is O=C(O)C1CCCCC1NS(=O)(=O)c1cncc(F)c1. The zero-order chi connectivity index (χ0) is 14.8. The molecule has 2 atom stereocenters. The summed E-state index contributed by atoms with van der Waals surface area (Å²) in [5.41, 5.74) is 0. The summed E-state index contributed by atoms with van der Waals surface area (Å²) in [6.07, 6.45) is 4.35. The standard InChI is InChI=1S/C12H15FN2O4S/c13-8-5-9(7-14-6-8)20(18,19)15-11-4-2-1-3-10(11)12(16)17/h5-7,10-11,15H,1-4H2,(H,16,17). The van der Waals surface area contributed by atoms with E-state index in [9.17, 15) is 17.6 Å². The number of halogens is 1. The summed E-state index contributed by atoms with van der Waals surface area (Å²) in [5.74, 6) is -2.53. The van der Waals surface area contributed by atoms with Crippen LogP contribution in [0.3, 0.4) is 0 Å². The van der Waals surface area contributed by atoms with Crippen LogP contribution in [0.15, 0.2) is 23.4 Å². The predicted molar refractivity (Wildman–Crippen MR) is 67.9 cm³/mol. The number of sulfonamides is 1. The van der Waals surface area contributed by atoms with Crippen molar-refractivity contribution in [3.63, 3.8) is 0 Å². The number of aromatic nitrogens is 1. The van der Waals surface area contributed by atoms with Gasteiger partial charge in [0.1, 0.15) is 10.7 Å². The second-order valence-electron chi connectivity index (χ2n) is 4.80. The Morgan fingerprint density at radius 2 is 2.05 bits per heavy atom. The topological polar surface area (TPSA) is 96.4 Å². The number of hydrogen-bond donors (Lipinski definition) is 2. The summed E-state index contributed by atoms with van der Waals surface area (Å²) in [5, 5.41) is 9.11. The first-order chi connectivity index (χ1) is 9.40. The van der Waals surface area contributed by atoms with Crippen molar-refractivity contribution in [2.24, 2.45) is 5.92 Å². The molecule has 0 radical (unpaired) electrons. The lowest BCUT2D eigenvalue weighted by atomic mass is 9.85. The monoisotopic (exact) mass is 302 g/mol. The Hall–Kier alpha value is -1.54. The Labute approximate surface area is 116 Å². The number of carbonyl (C=O) groups is 1. The fraction of sp³-hybridized carbons (Fsp3) is 0.500. The molecule has 1 heterocycles. The highest BCUT2D eigenvalue weighted by Gasteiger charge is 2.34. The number of rotatable bonds is 4. The Balaban J connectivity index is 2.20. The number of nitrogens with zero attached hydrogens (tertiary/aromatic N) is 1. The molecule has 6 nitrogen and oxygen atoms in total.